The summed E-state index contributed by atoms with van der Waals surface area (Å²) >= 11 is 0. The van der Waals surface area contributed by atoms with Gasteiger partial charge in [0.2, 0.25) is 6.10 Å². The molecule has 0 aliphatic carbocycles. The van der Waals surface area contributed by atoms with Crippen molar-refractivity contribution in [3.63, 3.8) is 0 Å². The van der Waals surface area contributed by atoms with Crippen LogP contribution in [0.5, 0.6) is 5.75 Å². The lowest BCUT2D eigenvalue weighted by Gasteiger charge is -2.33. The molecule has 0 fully saturated rings. The van der Waals surface area contributed by atoms with Gasteiger partial charge in [-0.3, -0.25) is 0 Å². The van der Waals surface area contributed by atoms with E-state index in [2.05, 4.69) is 0 Å². The van der Waals surface area contributed by atoms with Crippen molar-refractivity contribution in [3.8, 4) is 5.75 Å². The fourth-order valence-corrected chi connectivity index (χ4v) is 2.91. The molecular weight excluding hydrogens is 309 g/mol. The zero-order valence-corrected chi connectivity index (χ0v) is 12.4. The Hall–Kier alpha value is -2.24. The van der Waals surface area contributed by atoms with E-state index in [0.29, 0.717) is 16.7 Å². The molecule has 0 saturated carbocycles. The minimum atomic E-state index is -4.55. The van der Waals surface area contributed by atoms with Gasteiger partial charge in [0.25, 0.3) is 0 Å². The predicted molar refractivity (Wildman–Crippen MR) is 78.2 cm³/mol. The first-order chi connectivity index (χ1) is 10.9. The molecule has 0 aromatic heterocycles. The van der Waals surface area contributed by atoms with Gasteiger partial charge in [0.05, 0.1) is 6.61 Å². The first-order valence-corrected chi connectivity index (χ1v) is 7.32. The first-order valence-electron chi connectivity index (χ1n) is 7.32. The van der Waals surface area contributed by atoms with E-state index in [1.807, 2.05) is 12.1 Å². The zero-order valence-electron chi connectivity index (χ0n) is 12.4. The molecule has 0 radical (unpaired) electrons. The second kappa shape index (κ2) is 5.76. The second-order valence-corrected chi connectivity index (χ2v) is 5.41. The van der Waals surface area contributed by atoms with E-state index in [-0.39, 0.29) is 13.0 Å². The Morgan fingerprint density at radius 2 is 2.00 bits per heavy atom. The Labute approximate surface area is 131 Å². The number of fused-ring (bicyclic) bond motifs is 3. The molecule has 1 heterocycles. The Morgan fingerprint density at radius 1 is 1.26 bits per heavy atom. The maximum atomic E-state index is 13.4. The minimum absolute atomic E-state index is 0.00779. The fourth-order valence-electron chi connectivity index (χ4n) is 2.91. The summed E-state index contributed by atoms with van der Waals surface area (Å²) in [6, 6.07) is 10.6. The van der Waals surface area contributed by atoms with Gasteiger partial charge in [-0.15, -0.1) is 0 Å². The van der Waals surface area contributed by atoms with Crippen LogP contribution in [0.3, 0.4) is 0 Å². The highest BCUT2D eigenvalue weighted by Gasteiger charge is 2.52. The molecule has 2 aromatic carbocycles. The lowest BCUT2D eigenvalue weighted by atomic mass is 9.87. The molecule has 3 rings (SSSR count). The van der Waals surface area contributed by atoms with Crippen molar-refractivity contribution in [2.24, 2.45) is 5.92 Å². The zero-order chi connectivity index (χ0) is 16.6. The molecule has 6 heteroatoms. The summed E-state index contributed by atoms with van der Waals surface area (Å²) in [6.07, 6.45) is -6.51. The molecule has 122 valence electrons. The van der Waals surface area contributed by atoms with Crippen LogP contribution in [0.4, 0.5) is 13.2 Å². The summed E-state index contributed by atoms with van der Waals surface area (Å²) in [5.41, 5.74) is 0.478. The Kier molecular flexibility index (Phi) is 3.92. The number of benzene rings is 2. The largest absolute Gasteiger partial charge is 0.478 e. The number of ether oxygens (including phenoxy) is 2. The van der Waals surface area contributed by atoms with Gasteiger partial charge in [0, 0.05) is 5.56 Å². The number of alkyl halides is 3. The standard InChI is InChI=1S/C17H15F3O3/c1-2-22-16(21)15-13(17(18,19)20)9-12-11-6-4-3-5-10(11)7-8-14(12)23-15/h3-8,13,15H,2,9H2,1H3. The van der Waals surface area contributed by atoms with Gasteiger partial charge in [-0.05, 0) is 30.2 Å². The maximum absolute atomic E-state index is 13.4. The number of rotatable bonds is 2. The van der Waals surface area contributed by atoms with Crippen LogP contribution in [0.1, 0.15) is 12.5 Å². The molecule has 0 spiro atoms. The van der Waals surface area contributed by atoms with Crippen LogP contribution >= 0.6 is 0 Å². The third-order valence-electron chi connectivity index (χ3n) is 3.98. The summed E-state index contributed by atoms with van der Waals surface area (Å²) < 4.78 is 50.3. The van der Waals surface area contributed by atoms with Gasteiger partial charge in [-0.2, -0.15) is 13.2 Å². The molecule has 1 aliphatic rings. The predicted octanol–water partition coefficient (Wildman–Crippen LogP) is 3.88. The van der Waals surface area contributed by atoms with E-state index in [4.69, 9.17) is 9.47 Å². The van der Waals surface area contributed by atoms with Gasteiger partial charge in [0.1, 0.15) is 11.7 Å². The SMILES string of the molecule is CCOC(=O)C1Oc2ccc3ccccc3c2CC1C(F)(F)F. The third kappa shape index (κ3) is 2.85. The average Bonchev–Trinajstić information content (AvgIpc) is 2.53. The van der Waals surface area contributed by atoms with Crippen LogP contribution in [0.2, 0.25) is 0 Å². The van der Waals surface area contributed by atoms with E-state index >= 15 is 0 Å². The summed E-state index contributed by atoms with van der Waals surface area (Å²) in [5.74, 6) is -2.59. The molecule has 23 heavy (non-hydrogen) atoms. The monoisotopic (exact) mass is 324 g/mol. The van der Waals surface area contributed by atoms with Crippen LogP contribution in [0, 0.1) is 5.92 Å². The fraction of sp³-hybridized carbons (Fsp3) is 0.353. The highest BCUT2D eigenvalue weighted by atomic mass is 19.4. The van der Waals surface area contributed by atoms with Gasteiger partial charge in [-0.25, -0.2) is 4.79 Å². The van der Waals surface area contributed by atoms with E-state index in [1.54, 1.807) is 31.2 Å². The van der Waals surface area contributed by atoms with Crippen LogP contribution < -0.4 is 4.74 Å². The molecule has 3 nitrogen and oxygen atoms in total. The van der Waals surface area contributed by atoms with Crippen molar-refractivity contribution in [2.75, 3.05) is 6.61 Å². The third-order valence-corrected chi connectivity index (χ3v) is 3.98. The lowest BCUT2D eigenvalue weighted by Crippen LogP contribution is -2.47. The van der Waals surface area contributed by atoms with Crippen LogP contribution in [0.15, 0.2) is 36.4 Å². The summed E-state index contributed by atoms with van der Waals surface area (Å²) in [5, 5.41) is 1.55. The van der Waals surface area contributed by atoms with E-state index in [9.17, 15) is 18.0 Å². The average molecular weight is 324 g/mol. The Balaban J connectivity index is 2.08. The molecule has 0 N–H and O–H groups in total. The number of carbonyl (C=O) groups excluding carboxylic acids is 1. The number of carbonyl (C=O) groups is 1. The van der Waals surface area contributed by atoms with E-state index < -0.39 is 24.2 Å². The molecule has 2 unspecified atom stereocenters. The molecular formula is C17H15F3O3. The van der Waals surface area contributed by atoms with Crippen LogP contribution in [-0.4, -0.2) is 24.9 Å². The van der Waals surface area contributed by atoms with Crippen molar-refractivity contribution in [3.05, 3.63) is 42.0 Å². The van der Waals surface area contributed by atoms with Crippen molar-refractivity contribution in [1.82, 2.24) is 0 Å². The second-order valence-electron chi connectivity index (χ2n) is 5.41. The van der Waals surface area contributed by atoms with Crippen LogP contribution in [0.25, 0.3) is 10.8 Å². The highest BCUT2D eigenvalue weighted by Crippen LogP contribution is 2.42. The van der Waals surface area contributed by atoms with Crippen molar-refractivity contribution in [2.45, 2.75) is 25.6 Å². The lowest BCUT2D eigenvalue weighted by molar-refractivity contribution is -0.208. The van der Waals surface area contributed by atoms with Gasteiger partial charge in [-0.1, -0.05) is 30.3 Å². The number of hydrogen-bond acceptors (Lipinski definition) is 3. The maximum Gasteiger partial charge on any atom is 0.396 e. The summed E-state index contributed by atoms with van der Waals surface area (Å²) in [7, 11) is 0. The van der Waals surface area contributed by atoms with Gasteiger partial charge < -0.3 is 9.47 Å². The molecule has 2 aromatic rings. The van der Waals surface area contributed by atoms with Crippen molar-refractivity contribution in [1.29, 1.82) is 0 Å². The molecule has 2 atom stereocenters. The number of hydrogen-bond donors (Lipinski definition) is 0. The summed E-state index contributed by atoms with van der Waals surface area (Å²) in [4.78, 5) is 11.9. The first kappa shape index (κ1) is 15.6. The van der Waals surface area contributed by atoms with E-state index in [0.717, 1.165) is 5.39 Å². The quantitative estimate of drug-likeness (QED) is 0.786. The molecule has 0 saturated heterocycles. The molecule has 0 amide bonds. The highest BCUT2D eigenvalue weighted by molar-refractivity contribution is 5.88. The van der Waals surface area contributed by atoms with Gasteiger partial charge >= 0.3 is 12.1 Å². The summed E-state index contributed by atoms with van der Waals surface area (Å²) in [6.45, 7) is 1.55. The normalized spacial score (nSPS) is 20.7. The van der Waals surface area contributed by atoms with E-state index in [1.165, 1.54) is 0 Å². The van der Waals surface area contributed by atoms with Crippen LogP contribution in [-0.2, 0) is 16.0 Å². The molecule has 1 aliphatic heterocycles. The van der Waals surface area contributed by atoms with Crippen molar-refractivity contribution >= 4 is 16.7 Å². The smallest absolute Gasteiger partial charge is 0.396 e. The molecule has 0 bridgehead atoms. The van der Waals surface area contributed by atoms with Gasteiger partial charge in [0.15, 0.2) is 0 Å². The Bertz CT molecular complexity index is 739. The topological polar surface area (TPSA) is 35.5 Å². The number of esters is 1. The van der Waals surface area contributed by atoms with Crippen molar-refractivity contribution < 1.29 is 27.4 Å². The minimum Gasteiger partial charge on any atom is -0.478 e. The Morgan fingerprint density at radius 3 is 2.70 bits per heavy atom. The number of halogens is 3.